The number of carbonyl (C=O) groups excluding carboxylic acids is 1. The van der Waals surface area contributed by atoms with Crippen LogP contribution in [0, 0.1) is 0 Å². The molecule has 8 nitrogen and oxygen atoms in total. The fraction of sp³-hybridized carbons (Fsp3) is 0.316. The first kappa shape index (κ1) is 17.2. The molecular formula is C19H18N6O2S. The molecule has 0 saturated carbocycles. The van der Waals surface area contributed by atoms with Crippen LogP contribution < -0.4 is 0 Å². The van der Waals surface area contributed by atoms with E-state index in [1.54, 1.807) is 10.9 Å². The molecule has 142 valence electrons. The van der Waals surface area contributed by atoms with Crippen LogP contribution in [-0.2, 0) is 11.8 Å². The Kier molecular flexibility index (Phi) is 4.06. The van der Waals surface area contributed by atoms with Crippen LogP contribution in [0.1, 0.15) is 16.7 Å². The minimum Gasteiger partial charge on any atom is -0.377 e. The lowest BCUT2D eigenvalue weighted by atomic mass is 10.1. The van der Waals surface area contributed by atoms with Gasteiger partial charge in [-0.25, -0.2) is 15.0 Å². The Bertz CT molecular complexity index is 1200. The van der Waals surface area contributed by atoms with Crippen molar-refractivity contribution in [3.05, 3.63) is 35.6 Å². The number of rotatable bonds is 2. The van der Waals surface area contributed by atoms with Gasteiger partial charge < -0.3 is 9.64 Å². The molecule has 1 aliphatic rings. The van der Waals surface area contributed by atoms with Crippen LogP contribution in [0.15, 0.2) is 30.6 Å². The Morgan fingerprint density at radius 3 is 3.07 bits per heavy atom. The number of morpholine rings is 1. The number of amides is 1. The second-order valence-corrected chi connectivity index (χ2v) is 7.88. The van der Waals surface area contributed by atoms with E-state index in [4.69, 9.17) is 9.72 Å². The van der Waals surface area contributed by atoms with Crippen LogP contribution in [0.3, 0.4) is 0 Å². The molecule has 28 heavy (non-hydrogen) atoms. The third kappa shape index (κ3) is 2.92. The Morgan fingerprint density at radius 2 is 2.21 bits per heavy atom. The van der Waals surface area contributed by atoms with E-state index < -0.39 is 0 Å². The molecule has 5 heterocycles. The lowest BCUT2D eigenvalue weighted by Gasteiger charge is -2.32. The van der Waals surface area contributed by atoms with Gasteiger partial charge in [0.2, 0.25) is 0 Å². The summed E-state index contributed by atoms with van der Waals surface area (Å²) in [5.74, 6) is -0.0567. The predicted octanol–water partition coefficient (Wildman–Crippen LogP) is 2.50. The van der Waals surface area contributed by atoms with Crippen LogP contribution in [0.5, 0.6) is 0 Å². The Balaban J connectivity index is 1.49. The smallest absolute Gasteiger partial charge is 0.283 e. The van der Waals surface area contributed by atoms with Crippen molar-refractivity contribution >= 4 is 38.6 Å². The van der Waals surface area contributed by atoms with Gasteiger partial charge in [0.1, 0.15) is 10.3 Å². The van der Waals surface area contributed by atoms with E-state index in [0.717, 1.165) is 27.0 Å². The molecule has 1 saturated heterocycles. The molecule has 0 unspecified atom stereocenters. The van der Waals surface area contributed by atoms with Crippen molar-refractivity contribution in [3.63, 3.8) is 0 Å². The van der Waals surface area contributed by atoms with E-state index in [0.29, 0.717) is 30.4 Å². The average Bonchev–Trinajstić information content (AvgIpc) is 3.28. The van der Waals surface area contributed by atoms with Crippen molar-refractivity contribution in [3.8, 4) is 11.3 Å². The highest BCUT2D eigenvalue weighted by atomic mass is 32.1. The highest BCUT2D eigenvalue weighted by molar-refractivity contribution is 7.19. The molecule has 0 N–H and O–H groups in total. The van der Waals surface area contributed by atoms with Gasteiger partial charge in [0.05, 0.1) is 24.9 Å². The molecule has 0 aromatic carbocycles. The number of hydrogen-bond acceptors (Lipinski definition) is 7. The summed E-state index contributed by atoms with van der Waals surface area (Å²) in [6.07, 6.45) is 3.70. The summed E-state index contributed by atoms with van der Waals surface area (Å²) in [5.41, 5.74) is 3.14. The summed E-state index contributed by atoms with van der Waals surface area (Å²) in [6.45, 7) is 3.70. The van der Waals surface area contributed by atoms with Gasteiger partial charge in [-0.3, -0.25) is 9.48 Å². The molecule has 1 fully saturated rings. The van der Waals surface area contributed by atoms with E-state index in [2.05, 4.69) is 15.1 Å². The monoisotopic (exact) mass is 394 g/mol. The summed E-state index contributed by atoms with van der Waals surface area (Å²) >= 11 is 1.33. The SMILES string of the molecule is C[C@H]1COCCN1C(=O)c1nc2ccc(-c3cnc4nn(C)cc4c3)nc2s1. The quantitative estimate of drug-likeness (QED) is 0.519. The van der Waals surface area contributed by atoms with Crippen LogP contribution >= 0.6 is 11.3 Å². The minimum atomic E-state index is -0.0567. The minimum absolute atomic E-state index is 0.0501. The molecule has 0 aliphatic carbocycles. The molecule has 4 aromatic rings. The summed E-state index contributed by atoms with van der Waals surface area (Å²) in [7, 11) is 1.87. The third-order valence-corrected chi connectivity index (χ3v) is 5.79. The van der Waals surface area contributed by atoms with Crippen molar-refractivity contribution in [2.75, 3.05) is 19.8 Å². The molecule has 9 heteroatoms. The van der Waals surface area contributed by atoms with E-state index in [1.165, 1.54) is 11.3 Å². The van der Waals surface area contributed by atoms with Crippen molar-refractivity contribution in [2.24, 2.45) is 7.05 Å². The summed E-state index contributed by atoms with van der Waals surface area (Å²) < 4.78 is 7.16. The fourth-order valence-electron chi connectivity index (χ4n) is 3.39. The number of aromatic nitrogens is 5. The van der Waals surface area contributed by atoms with E-state index >= 15 is 0 Å². The summed E-state index contributed by atoms with van der Waals surface area (Å²) in [4.78, 5) is 29.0. The molecule has 1 atom stereocenters. The van der Waals surface area contributed by atoms with Crippen molar-refractivity contribution in [1.82, 2.24) is 29.6 Å². The summed E-state index contributed by atoms with van der Waals surface area (Å²) in [6, 6.07) is 5.88. The molecule has 0 bridgehead atoms. The second-order valence-electron chi connectivity index (χ2n) is 6.90. The van der Waals surface area contributed by atoms with Gasteiger partial charge in [0.25, 0.3) is 5.91 Å². The molecule has 4 aromatic heterocycles. The van der Waals surface area contributed by atoms with Gasteiger partial charge in [0.15, 0.2) is 10.7 Å². The molecule has 0 radical (unpaired) electrons. The highest BCUT2D eigenvalue weighted by Crippen LogP contribution is 2.27. The largest absolute Gasteiger partial charge is 0.377 e. The number of nitrogens with zero attached hydrogens (tertiary/aromatic N) is 6. The molecule has 0 spiro atoms. The lowest BCUT2D eigenvalue weighted by molar-refractivity contribution is 0.00359. The lowest BCUT2D eigenvalue weighted by Crippen LogP contribution is -2.47. The number of aryl methyl sites for hydroxylation is 1. The van der Waals surface area contributed by atoms with E-state index in [-0.39, 0.29) is 11.9 Å². The van der Waals surface area contributed by atoms with Crippen LogP contribution in [0.25, 0.3) is 32.6 Å². The first-order valence-electron chi connectivity index (χ1n) is 9.04. The number of hydrogen-bond donors (Lipinski definition) is 0. The maximum atomic E-state index is 12.9. The fourth-order valence-corrected chi connectivity index (χ4v) is 4.29. The van der Waals surface area contributed by atoms with Gasteiger partial charge in [-0.2, -0.15) is 5.10 Å². The molecule has 5 rings (SSSR count). The summed E-state index contributed by atoms with van der Waals surface area (Å²) in [5, 5.41) is 5.73. The molecule has 1 aliphatic heterocycles. The predicted molar refractivity (Wildman–Crippen MR) is 106 cm³/mol. The Morgan fingerprint density at radius 1 is 1.32 bits per heavy atom. The van der Waals surface area contributed by atoms with Crippen molar-refractivity contribution in [2.45, 2.75) is 13.0 Å². The van der Waals surface area contributed by atoms with Crippen LogP contribution in [-0.4, -0.2) is 61.3 Å². The number of fused-ring (bicyclic) bond motifs is 2. The van der Waals surface area contributed by atoms with Gasteiger partial charge in [-0.1, -0.05) is 11.3 Å². The Labute approximate surface area is 164 Å². The zero-order valence-electron chi connectivity index (χ0n) is 15.5. The maximum Gasteiger partial charge on any atom is 0.283 e. The van der Waals surface area contributed by atoms with Gasteiger partial charge >= 0.3 is 0 Å². The van der Waals surface area contributed by atoms with Gasteiger partial charge in [-0.15, -0.1) is 0 Å². The number of carbonyl (C=O) groups is 1. The number of pyridine rings is 2. The van der Waals surface area contributed by atoms with Crippen molar-refractivity contribution < 1.29 is 9.53 Å². The first-order valence-corrected chi connectivity index (χ1v) is 9.86. The van der Waals surface area contributed by atoms with Crippen LogP contribution in [0.4, 0.5) is 0 Å². The average molecular weight is 394 g/mol. The molecule has 1 amide bonds. The van der Waals surface area contributed by atoms with E-state index in [1.807, 2.05) is 43.3 Å². The molecular weight excluding hydrogens is 376 g/mol. The number of ether oxygens (including phenoxy) is 1. The van der Waals surface area contributed by atoms with Gasteiger partial charge in [-0.05, 0) is 25.1 Å². The van der Waals surface area contributed by atoms with Crippen molar-refractivity contribution in [1.29, 1.82) is 0 Å². The topological polar surface area (TPSA) is 86.0 Å². The maximum absolute atomic E-state index is 12.9. The normalized spacial score (nSPS) is 17.5. The number of thiazole rings is 1. The van der Waals surface area contributed by atoms with Crippen LogP contribution in [0.2, 0.25) is 0 Å². The standard InChI is InChI=1S/C19H18N6O2S/c1-11-10-27-6-5-25(11)19(26)18-22-15-4-3-14(21-17(15)28-18)12-7-13-9-24(2)23-16(13)20-8-12/h3-4,7-9,11H,5-6,10H2,1-2H3/t11-/m0/s1. The second kappa shape index (κ2) is 6.61. The van der Waals surface area contributed by atoms with Gasteiger partial charge in [0, 0.05) is 36.9 Å². The zero-order valence-corrected chi connectivity index (χ0v) is 16.3. The highest BCUT2D eigenvalue weighted by Gasteiger charge is 2.27. The Hall–Kier alpha value is -2.91. The third-order valence-electron chi connectivity index (χ3n) is 4.84. The van der Waals surface area contributed by atoms with E-state index in [9.17, 15) is 4.79 Å². The first-order chi connectivity index (χ1) is 13.6. The zero-order chi connectivity index (χ0) is 19.3.